The number of halogens is 1. The highest BCUT2D eigenvalue weighted by Crippen LogP contribution is 2.42. The van der Waals surface area contributed by atoms with E-state index in [2.05, 4.69) is 24.1 Å². The average Bonchev–Trinajstić information content (AvgIpc) is 2.80. The van der Waals surface area contributed by atoms with Crippen LogP contribution < -0.4 is 10.2 Å². The van der Waals surface area contributed by atoms with E-state index in [0.29, 0.717) is 22.0 Å². The van der Waals surface area contributed by atoms with Crippen molar-refractivity contribution in [2.75, 3.05) is 38.1 Å². The largest absolute Gasteiger partial charge is 0.352 e. The molecular weight excluding hydrogens is 466 g/mol. The number of nitrogens with one attached hydrogen (secondary N) is 1. The first kappa shape index (κ1) is 24.8. The molecule has 4 rings (SSSR count). The minimum Gasteiger partial charge on any atom is -0.352 e. The van der Waals surface area contributed by atoms with Gasteiger partial charge >= 0.3 is 0 Å². The Kier molecular flexibility index (Phi) is 8.02. The van der Waals surface area contributed by atoms with Crippen LogP contribution in [0.3, 0.4) is 0 Å². The molecule has 0 bridgehead atoms. The highest BCUT2D eigenvalue weighted by molar-refractivity contribution is 8.04. The predicted octanol–water partition coefficient (Wildman–Crippen LogP) is 5.55. The van der Waals surface area contributed by atoms with Crippen LogP contribution in [0.25, 0.3) is 6.08 Å². The summed E-state index contributed by atoms with van der Waals surface area (Å²) < 4.78 is 0. The zero-order valence-electron chi connectivity index (χ0n) is 20.0. The van der Waals surface area contributed by atoms with Gasteiger partial charge in [-0.3, -0.25) is 9.59 Å². The number of likely N-dealkylation sites (N-methyl/N-ethyl adjacent to an activating group) is 1. The van der Waals surface area contributed by atoms with E-state index in [1.54, 1.807) is 18.0 Å². The topological polar surface area (TPSA) is 52.7 Å². The van der Waals surface area contributed by atoms with Gasteiger partial charge in [0.05, 0.1) is 10.6 Å². The molecule has 0 radical (unpaired) electrons. The smallest absolute Gasteiger partial charge is 0.264 e. The highest BCUT2D eigenvalue weighted by Gasteiger charge is 2.27. The molecule has 5 nitrogen and oxygen atoms in total. The van der Waals surface area contributed by atoms with Gasteiger partial charge in [-0.25, -0.2) is 0 Å². The molecule has 2 heterocycles. The molecule has 1 fully saturated rings. The molecule has 1 N–H and O–H groups in total. The molecule has 2 aliphatic rings. The molecular formula is C27H32ClN3O2S. The third-order valence-corrected chi connectivity index (χ3v) is 7.81. The number of piperidine rings is 1. The Bertz CT molecular complexity index is 1090. The lowest BCUT2D eigenvalue weighted by Crippen LogP contribution is -2.40. The molecule has 2 aliphatic heterocycles. The van der Waals surface area contributed by atoms with E-state index in [-0.39, 0.29) is 11.8 Å². The second-order valence-corrected chi connectivity index (χ2v) is 11.0. The van der Waals surface area contributed by atoms with Gasteiger partial charge in [0.25, 0.3) is 11.8 Å². The second-order valence-electron chi connectivity index (χ2n) is 9.49. The Morgan fingerprint density at radius 3 is 2.65 bits per heavy atom. The van der Waals surface area contributed by atoms with Gasteiger partial charge in [-0.2, -0.15) is 0 Å². The van der Waals surface area contributed by atoms with Gasteiger partial charge < -0.3 is 15.1 Å². The summed E-state index contributed by atoms with van der Waals surface area (Å²) in [6.07, 6.45) is 4.05. The normalized spacial score (nSPS) is 22.1. The molecule has 0 aliphatic carbocycles. The Hall–Kier alpha value is -2.28. The number of fused-ring (bicyclic) bond motifs is 1. The molecule has 2 atom stereocenters. The van der Waals surface area contributed by atoms with Crippen LogP contribution >= 0.6 is 23.4 Å². The number of likely N-dealkylation sites (tertiary alicyclic amines) is 1. The number of hydrogen-bond acceptors (Lipinski definition) is 4. The number of nitrogens with zero attached hydrogens (tertiary/aromatic N) is 2. The number of anilines is 1. The number of carbonyl (C=O) groups excluding carboxylic acids is 2. The SMILES string of the molecule is C[C@@H]1C[C@@H](C)CN(CCCNC(=O)c2ccc3c(c2)N(C)C(=O)/C(=C/c2ccccc2Cl)S3)C1. The fraction of sp³-hybridized carbons (Fsp3) is 0.407. The minimum atomic E-state index is -0.111. The summed E-state index contributed by atoms with van der Waals surface area (Å²) in [5.41, 5.74) is 2.12. The summed E-state index contributed by atoms with van der Waals surface area (Å²) in [6, 6.07) is 13.0. The van der Waals surface area contributed by atoms with Crippen LogP contribution in [0.4, 0.5) is 5.69 Å². The van der Waals surface area contributed by atoms with Crippen LogP contribution in [0, 0.1) is 11.8 Å². The zero-order chi connectivity index (χ0) is 24.2. The first-order valence-corrected chi connectivity index (χ1v) is 13.1. The predicted molar refractivity (Wildman–Crippen MR) is 141 cm³/mol. The molecule has 7 heteroatoms. The number of thioether (sulfide) groups is 1. The van der Waals surface area contributed by atoms with Gasteiger partial charge in [0.15, 0.2) is 0 Å². The van der Waals surface area contributed by atoms with Gasteiger partial charge in [0, 0.05) is 42.2 Å². The lowest BCUT2D eigenvalue weighted by Gasteiger charge is -2.34. The molecule has 0 aromatic heterocycles. The average molecular weight is 498 g/mol. The van der Waals surface area contributed by atoms with E-state index in [1.807, 2.05) is 42.5 Å². The van der Waals surface area contributed by atoms with Crippen molar-refractivity contribution in [2.45, 2.75) is 31.6 Å². The van der Waals surface area contributed by atoms with E-state index in [1.165, 1.54) is 18.2 Å². The maximum absolute atomic E-state index is 13.0. The van der Waals surface area contributed by atoms with Gasteiger partial charge in [0.2, 0.25) is 0 Å². The molecule has 0 saturated carbocycles. The van der Waals surface area contributed by atoms with Crippen LogP contribution in [0.2, 0.25) is 5.02 Å². The first-order valence-electron chi connectivity index (χ1n) is 11.9. The van der Waals surface area contributed by atoms with Crippen molar-refractivity contribution in [1.82, 2.24) is 10.2 Å². The number of hydrogen-bond donors (Lipinski definition) is 1. The lowest BCUT2D eigenvalue weighted by molar-refractivity contribution is -0.114. The number of carbonyl (C=O) groups is 2. The maximum Gasteiger partial charge on any atom is 0.264 e. The fourth-order valence-corrected chi connectivity index (χ4v) is 6.12. The van der Waals surface area contributed by atoms with Crippen LogP contribution in [0.1, 0.15) is 42.6 Å². The Morgan fingerprint density at radius 1 is 1.18 bits per heavy atom. The Labute approximate surface area is 211 Å². The van der Waals surface area contributed by atoms with E-state index >= 15 is 0 Å². The first-order chi connectivity index (χ1) is 16.3. The monoisotopic (exact) mass is 497 g/mol. The van der Waals surface area contributed by atoms with Crippen molar-refractivity contribution < 1.29 is 9.59 Å². The molecule has 34 heavy (non-hydrogen) atoms. The van der Waals surface area contributed by atoms with E-state index in [9.17, 15) is 9.59 Å². The van der Waals surface area contributed by atoms with Gasteiger partial charge in [-0.1, -0.05) is 55.4 Å². The maximum atomic E-state index is 13.0. The van der Waals surface area contributed by atoms with Gasteiger partial charge in [-0.15, -0.1) is 0 Å². The molecule has 1 saturated heterocycles. The molecule has 0 unspecified atom stereocenters. The number of rotatable bonds is 6. The van der Waals surface area contributed by atoms with Crippen molar-refractivity contribution in [3.05, 3.63) is 63.5 Å². The third-order valence-electron chi connectivity index (χ3n) is 6.39. The second kappa shape index (κ2) is 11.0. The van der Waals surface area contributed by atoms with Crippen LogP contribution in [-0.4, -0.2) is 49.9 Å². The van der Waals surface area contributed by atoms with Crippen molar-refractivity contribution in [3.63, 3.8) is 0 Å². The van der Waals surface area contributed by atoms with Crippen molar-refractivity contribution in [1.29, 1.82) is 0 Å². The lowest BCUT2D eigenvalue weighted by atomic mass is 9.92. The quantitative estimate of drug-likeness (QED) is 0.420. The summed E-state index contributed by atoms with van der Waals surface area (Å²) in [4.78, 5) is 31.4. The van der Waals surface area contributed by atoms with Crippen LogP contribution in [0.15, 0.2) is 52.3 Å². The fourth-order valence-electron chi connectivity index (χ4n) is 4.85. The standard InChI is InChI=1S/C27H32ClN3O2S/c1-18-13-19(2)17-31(16-18)12-6-11-29-26(32)21-9-10-24-23(14-21)30(3)27(33)25(34-24)15-20-7-4-5-8-22(20)28/h4-5,7-10,14-15,18-19H,6,11-13,16-17H2,1-3H3,(H,29,32)/b25-15-/t18-,19-/m1/s1. The summed E-state index contributed by atoms with van der Waals surface area (Å²) in [6.45, 7) is 8.57. The Morgan fingerprint density at radius 2 is 1.91 bits per heavy atom. The molecule has 2 aromatic carbocycles. The highest BCUT2D eigenvalue weighted by atomic mass is 35.5. The van der Waals surface area contributed by atoms with Gasteiger partial charge in [-0.05, 0) is 67.1 Å². The summed E-state index contributed by atoms with van der Waals surface area (Å²) in [5, 5.41) is 3.64. The van der Waals surface area contributed by atoms with E-state index in [4.69, 9.17) is 11.6 Å². The summed E-state index contributed by atoms with van der Waals surface area (Å²) in [5.74, 6) is 1.27. The zero-order valence-corrected chi connectivity index (χ0v) is 21.6. The van der Waals surface area contributed by atoms with Crippen molar-refractivity contribution in [3.8, 4) is 0 Å². The van der Waals surface area contributed by atoms with Crippen LogP contribution in [-0.2, 0) is 4.79 Å². The number of benzene rings is 2. The molecule has 2 aromatic rings. The summed E-state index contributed by atoms with van der Waals surface area (Å²) in [7, 11) is 1.74. The molecule has 2 amide bonds. The minimum absolute atomic E-state index is 0.105. The summed E-state index contributed by atoms with van der Waals surface area (Å²) >= 11 is 7.67. The van der Waals surface area contributed by atoms with Crippen molar-refractivity contribution >= 4 is 46.9 Å². The van der Waals surface area contributed by atoms with Crippen LogP contribution in [0.5, 0.6) is 0 Å². The Balaban J connectivity index is 1.37. The van der Waals surface area contributed by atoms with Crippen molar-refractivity contribution in [2.24, 2.45) is 11.8 Å². The van der Waals surface area contributed by atoms with E-state index < -0.39 is 0 Å². The number of amides is 2. The molecule has 0 spiro atoms. The van der Waals surface area contributed by atoms with E-state index in [0.717, 1.165) is 54.0 Å². The van der Waals surface area contributed by atoms with Gasteiger partial charge in [0.1, 0.15) is 0 Å². The third kappa shape index (κ3) is 5.85. The molecule has 180 valence electrons.